The van der Waals surface area contributed by atoms with Crippen molar-refractivity contribution in [2.24, 2.45) is 10.7 Å². The average Bonchev–Trinajstić information content (AvgIpc) is 3.71. The zero-order valence-corrected chi connectivity index (χ0v) is 45.1. The van der Waals surface area contributed by atoms with E-state index >= 15 is 0 Å². The van der Waals surface area contributed by atoms with E-state index < -0.39 is 11.8 Å². The number of amidine groups is 1. The summed E-state index contributed by atoms with van der Waals surface area (Å²) in [5.41, 5.74) is 16.4. The molecule has 0 aliphatic carbocycles. The van der Waals surface area contributed by atoms with E-state index in [1.54, 1.807) is 12.1 Å². The number of ketones is 2. The van der Waals surface area contributed by atoms with E-state index in [-0.39, 0.29) is 76.9 Å². The number of β-amino-alcohol motifs (C(OH)–C–C–N with tert-alkyl or cyclic N) is 2. The van der Waals surface area contributed by atoms with Crippen molar-refractivity contribution >= 4 is 123 Å². The highest BCUT2D eigenvalue weighted by molar-refractivity contribution is 9.09. The van der Waals surface area contributed by atoms with Crippen LogP contribution in [-0.4, -0.2) is 148 Å². The Morgan fingerprint density at radius 3 is 1.68 bits per heavy atom. The first-order valence-electron chi connectivity index (χ1n) is 22.1. The predicted octanol–water partition coefficient (Wildman–Crippen LogP) is 8.34. The smallest absolute Gasteiger partial charge is 0.300 e. The van der Waals surface area contributed by atoms with Crippen molar-refractivity contribution in [3.8, 4) is 0 Å². The summed E-state index contributed by atoms with van der Waals surface area (Å²) < 4.78 is 25.9. The fourth-order valence-electron chi connectivity index (χ4n) is 6.86. The molecule has 1 unspecified atom stereocenters. The van der Waals surface area contributed by atoms with Crippen molar-refractivity contribution < 1.29 is 38.5 Å². The van der Waals surface area contributed by atoms with Gasteiger partial charge in [-0.2, -0.15) is 14.9 Å². The minimum atomic E-state index is -0.833. The largest absolute Gasteiger partial charge is 0.481 e. The Kier molecular flexibility index (Phi) is 31.7. The highest BCUT2D eigenvalue weighted by atomic mass is 79.9. The molecule has 0 saturated carbocycles. The molecule has 1 atom stereocenters. The van der Waals surface area contributed by atoms with E-state index in [2.05, 4.69) is 68.3 Å². The fourth-order valence-corrected chi connectivity index (χ4v) is 8.77. The maximum atomic E-state index is 13.4. The number of carboxylic acid groups (broad SMARTS) is 1. The number of rotatable bonds is 14. The molecule has 1 aromatic heterocycles. The average molecular weight is 1150 g/mol. The second-order valence-electron chi connectivity index (χ2n) is 15.3. The van der Waals surface area contributed by atoms with Gasteiger partial charge in [0.15, 0.2) is 21.2 Å². The van der Waals surface area contributed by atoms with E-state index in [9.17, 15) is 18.4 Å². The number of aromatic nitrogens is 1. The number of hydrogen-bond acceptors (Lipinski definition) is 15. The standard InChI is InChI=1S/C22H24FN5O2S.C16H25N5OS2.C8H6BrFO.C2H4O2.2CH4.H3P/c23-16-3-1-2-15(14-16)19(30)20-21(24)26-22(31-20)25-17-4-6-18(7-5-17)28-10-8-27(9-11-28)12-13-29;1-2-24-15(17)19-16(23)18-13-3-5-14(6-4-13)21-9-7-20(8-10-21)11-12-22;9-5-8(11)6-2-1-3-7(10)4-6;1-2(3)4;;;/h1-7,14,29H,8-13,24H2,(H,25,26);3-6,22H,2,7-12H2,1H3,(H3,17,18,19,23);1-4H,5H2;1H3,(H,3,4);2*1H4;1H3. The number of nitrogens with two attached hydrogens (primary N) is 2. The molecule has 9 N–H and O–H groups in total. The molecule has 400 valence electrons. The van der Waals surface area contributed by atoms with Gasteiger partial charge in [-0.05, 0) is 90.8 Å². The highest BCUT2D eigenvalue weighted by Crippen LogP contribution is 2.31. The van der Waals surface area contributed by atoms with Crippen LogP contribution in [0.3, 0.4) is 0 Å². The number of aliphatic hydroxyl groups is 2. The van der Waals surface area contributed by atoms with Crippen LogP contribution in [0.2, 0.25) is 0 Å². The lowest BCUT2D eigenvalue weighted by molar-refractivity contribution is -0.134. The SMILES string of the molecule is C.C.CC(=O)O.CCSC(N)=NC(=S)Nc1ccc(N2CCN(CCO)CC2)cc1.Nc1nc(Nc2ccc(N3CCN(CCO)CC3)cc2)sc1C(=O)c1cccc(F)c1.O=C(CBr)c1cccc(F)c1.P. The topological polar surface area (TPSA) is 226 Å². The van der Waals surface area contributed by atoms with Crippen LogP contribution in [0.1, 0.15) is 54.3 Å². The summed E-state index contributed by atoms with van der Waals surface area (Å²) in [6, 6.07) is 27.3. The van der Waals surface area contributed by atoms with Crippen LogP contribution in [0.15, 0.2) is 102 Å². The summed E-state index contributed by atoms with van der Waals surface area (Å²) in [6.07, 6.45) is 0. The molecule has 0 radical (unpaired) electrons. The lowest BCUT2D eigenvalue weighted by Crippen LogP contribution is -2.47. The number of nitrogens with zero attached hydrogens (tertiary/aromatic N) is 6. The van der Waals surface area contributed by atoms with E-state index in [0.29, 0.717) is 21.0 Å². The van der Waals surface area contributed by atoms with Crippen LogP contribution < -0.4 is 31.9 Å². The number of aliphatic carboxylic acids is 1. The molecule has 73 heavy (non-hydrogen) atoms. The number of thioether (sulfide) groups is 1. The third-order valence-electron chi connectivity index (χ3n) is 10.3. The summed E-state index contributed by atoms with van der Waals surface area (Å²) in [5, 5.41) is 33.3. The van der Waals surface area contributed by atoms with Crippen molar-refractivity contribution in [1.82, 2.24) is 14.8 Å². The second kappa shape index (κ2) is 35.1. The summed E-state index contributed by atoms with van der Waals surface area (Å²) >= 11 is 10.8. The van der Waals surface area contributed by atoms with E-state index in [0.717, 1.165) is 107 Å². The summed E-state index contributed by atoms with van der Waals surface area (Å²) in [5.74, 6) is -1.14. The van der Waals surface area contributed by atoms with Crippen molar-refractivity contribution in [3.63, 3.8) is 0 Å². The predicted molar refractivity (Wildman–Crippen MR) is 312 cm³/mol. The summed E-state index contributed by atoms with van der Waals surface area (Å²) in [6.45, 7) is 12.6. The Morgan fingerprint density at radius 1 is 0.795 bits per heavy atom. The maximum Gasteiger partial charge on any atom is 0.300 e. The number of carbonyl (C=O) groups excluding carboxylic acids is 2. The zero-order chi connectivity index (χ0) is 51.0. The molecular weight excluding hydrogens is 1080 g/mol. The zero-order valence-electron chi connectivity index (χ0n) is 39.6. The Labute approximate surface area is 453 Å². The maximum absolute atomic E-state index is 13.4. The van der Waals surface area contributed by atoms with Crippen molar-refractivity contribution in [1.29, 1.82) is 0 Å². The molecule has 2 fully saturated rings. The molecule has 2 aliphatic heterocycles. The van der Waals surface area contributed by atoms with Crippen molar-refractivity contribution in [2.75, 3.05) is 116 Å². The van der Waals surface area contributed by atoms with Gasteiger partial charge in [0.05, 0.1) is 18.5 Å². The van der Waals surface area contributed by atoms with Gasteiger partial charge in [0, 0.05) is 106 Å². The number of halogens is 3. The number of nitrogen functional groups attached to an aromatic ring is 1. The number of aliphatic imine (C=N–C) groups is 1. The number of anilines is 6. The first kappa shape index (κ1) is 65.9. The van der Waals surface area contributed by atoms with E-state index in [1.165, 1.54) is 53.8 Å². The number of carbonyl (C=O) groups is 3. The quantitative estimate of drug-likeness (QED) is 0.0138. The van der Waals surface area contributed by atoms with Gasteiger partial charge >= 0.3 is 0 Å². The van der Waals surface area contributed by atoms with E-state index in [1.807, 2.05) is 43.3 Å². The van der Waals surface area contributed by atoms with Gasteiger partial charge in [0.1, 0.15) is 22.3 Å². The van der Waals surface area contributed by atoms with Gasteiger partial charge in [-0.25, -0.2) is 13.8 Å². The number of aliphatic hydroxyl groups excluding tert-OH is 2. The molecule has 5 aromatic rings. The first-order chi connectivity index (χ1) is 33.6. The van der Waals surface area contributed by atoms with Crippen LogP contribution in [0.4, 0.5) is 42.5 Å². The third kappa shape index (κ3) is 23.3. The summed E-state index contributed by atoms with van der Waals surface area (Å²) in [4.78, 5) is 50.5. The van der Waals surface area contributed by atoms with Gasteiger partial charge in [0.2, 0.25) is 5.78 Å². The number of carboxylic acids is 1. The van der Waals surface area contributed by atoms with Gasteiger partial charge in [0.25, 0.3) is 5.97 Å². The molecule has 16 nitrogen and oxygen atoms in total. The number of hydrogen-bond donors (Lipinski definition) is 7. The number of alkyl halides is 1. The van der Waals surface area contributed by atoms with Crippen LogP contribution in [-0.2, 0) is 4.79 Å². The second-order valence-corrected chi connectivity index (χ2v) is 18.5. The minimum Gasteiger partial charge on any atom is -0.481 e. The van der Waals surface area contributed by atoms with Gasteiger partial charge in [-0.15, -0.1) is 0 Å². The molecular formula is C50H70BrF2N10O6PS3. The number of thiazole rings is 1. The molecule has 0 bridgehead atoms. The molecule has 3 heterocycles. The molecule has 2 aliphatic rings. The van der Waals surface area contributed by atoms with Crippen LogP contribution in [0, 0.1) is 11.6 Å². The Morgan fingerprint density at radius 2 is 1.25 bits per heavy atom. The van der Waals surface area contributed by atoms with Gasteiger partial charge < -0.3 is 47.2 Å². The summed E-state index contributed by atoms with van der Waals surface area (Å²) in [7, 11) is 0. The van der Waals surface area contributed by atoms with Crippen molar-refractivity contribution in [2.45, 2.75) is 28.7 Å². The molecule has 0 spiro atoms. The molecule has 0 amide bonds. The highest BCUT2D eigenvalue weighted by Gasteiger charge is 2.20. The lowest BCUT2D eigenvalue weighted by Gasteiger charge is -2.35. The lowest BCUT2D eigenvalue weighted by atomic mass is 10.1. The van der Waals surface area contributed by atoms with Crippen molar-refractivity contribution in [3.05, 3.63) is 125 Å². The third-order valence-corrected chi connectivity index (χ3v) is 12.6. The molecule has 2 saturated heterocycles. The Balaban J connectivity index is 0.000000562. The van der Waals surface area contributed by atoms with Crippen LogP contribution in [0.25, 0.3) is 0 Å². The minimum absolute atomic E-state index is 0. The number of Topliss-reactive ketones (excluding diaryl/α,β-unsaturated/α-hetero) is 1. The van der Waals surface area contributed by atoms with E-state index in [4.69, 9.17) is 43.8 Å². The Hall–Kier alpha value is -5.16. The van der Waals surface area contributed by atoms with Crippen LogP contribution in [0.5, 0.6) is 0 Å². The number of nitrogens with one attached hydrogen (secondary N) is 2. The monoisotopic (exact) mass is 1150 g/mol. The first-order valence-corrected chi connectivity index (χ1v) is 25.5. The fraction of sp³-hybridized carbons (Fsp3) is 0.360. The number of benzene rings is 4. The Bertz CT molecular complexity index is 2480. The molecule has 4 aromatic carbocycles. The molecule has 7 rings (SSSR count). The normalized spacial score (nSPS) is 13.3. The molecule has 23 heteroatoms. The van der Waals surface area contributed by atoms with Crippen LogP contribution >= 0.6 is 61.1 Å². The van der Waals surface area contributed by atoms with Gasteiger partial charge in [-0.3, -0.25) is 24.2 Å². The number of thiocarbonyl (C=S) groups is 1. The van der Waals surface area contributed by atoms with Gasteiger partial charge in [-0.1, -0.05) is 85.1 Å². The number of piperazine rings is 2.